The van der Waals surface area contributed by atoms with E-state index in [1.54, 1.807) is 10.9 Å². The lowest BCUT2D eigenvalue weighted by atomic mass is 10.1. The van der Waals surface area contributed by atoms with Gasteiger partial charge in [-0.05, 0) is 25.0 Å². The highest BCUT2D eigenvalue weighted by atomic mass is 16.1. The van der Waals surface area contributed by atoms with E-state index in [0.29, 0.717) is 12.1 Å². The molecule has 4 heteroatoms. The molecule has 2 rings (SSSR count). The number of hydrogen-bond donors (Lipinski definition) is 1. The molecule has 0 atom stereocenters. The molecule has 0 bridgehead atoms. The van der Waals surface area contributed by atoms with Crippen LogP contribution in [-0.2, 0) is 13.6 Å². The van der Waals surface area contributed by atoms with E-state index in [9.17, 15) is 4.79 Å². The van der Waals surface area contributed by atoms with Crippen molar-refractivity contribution in [2.45, 2.75) is 20.4 Å². The van der Waals surface area contributed by atoms with Crippen LogP contribution in [0.4, 0.5) is 0 Å². The topological polar surface area (TPSA) is 46.9 Å². The molecule has 18 heavy (non-hydrogen) atoms. The number of aromatic nitrogens is 2. The lowest BCUT2D eigenvalue weighted by Gasteiger charge is -2.07. The molecule has 0 spiro atoms. The molecule has 0 unspecified atom stereocenters. The Morgan fingerprint density at radius 1 is 1.33 bits per heavy atom. The Labute approximate surface area is 107 Å². The van der Waals surface area contributed by atoms with Crippen LogP contribution in [0.5, 0.6) is 0 Å². The highest BCUT2D eigenvalue weighted by molar-refractivity contribution is 5.94. The van der Waals surface area contributed by atoms with E-state index in [4.69, 9.17) is 0 Å². The summed E-state index contributed by atoms with van der Waals surface area (Å²) in [6, 6.07) is 8.03. The Hall–Kier alpha value is -2.10. The number of nitrogens with zero attached hydrogens (tertiary/aromatic N) is 2. The third-order valence-electron chi connectivity index (χ3n) is 2.96. The van der Waals surface area contributed by atoms with Crippen molar-refractivity contribution in [1.82, 2.24) is 15.1 Å². The van der Waals surface area contributed by atoms with Gasteiger partial charge in [0.1, 0.15) is 0 Å². The molecule has 1 amide bonds. The molecule has 0 aliphatic carbocycles. The molecule has 1 aromatic heterocycles. The Balaban J connectivity index is 2.05. The van der Waals surface area contributed by atoms with E-state index < -0.39 is 0 Å². The van der Waals surface area contributed by atoms with Crippen molar-refractivity contribution in [1.29, 1.82) is 0 Å². The van der Waals surface area contributed by atoms with Gasteiger partial charge in [0.05, 0.1) is 11.3 Å². The van der Waals surface area contributed by atoms with E-state index in [-0.39, 0.29) is 5.91 Å². The SMILES string of the molecule is Cc1ccccc1CNC(=O)c1cn(C)nc1C. The van der Waals surface area contributed by atoms with Crippen LogP contribution in [0, 0.1) is 13.8 Å². The number of nitrogens with one attached hydrogen (secondary N) is 1. The van der Waals surface area contributed by atoms with Gasteiger partial charge in [-0.2, -0.15) is 5.10 Å². The predicted molar refractivity (Wildman–Crippen MR) is 70.3 cm³/mol. The fourth-order valence-corrected chi connectivity index (χ4v) is 1.90. The summed E-state index contributed by atoms with van der Waals surface area (Å²) in [6.45, 7) is 4.42. The molecule has 0 fully saturated rings. The Kier molecular flexibility index (Phi) is 3.46. The summed E-state index contributed by atoms with van der Waals surface area (Å²) in [6.07, 6.45) is 1.74. The molecular formula is C14H17N3O. The number of rotatable bonds is 3. The standard InChI is InChI=1S/C14H17N3O/c1-10-6-4-5-7-12(10)8-15-14(18)13-9-17(3)16-11(13)2/h4-7,9H,8H2,1-3H3,(H,15,18). The van der Waals surface area contributed by atoms with Crippen molar-refractivity contribution in [2.75, 3.05) is 0 Å². The van der Waals surface area contributed by atoms with Crippen LogP contribution >= 0.6 is 0 Å². The number of aryl methyl sites for hydroxylation is 3. The Morgan fingerprint density at radius 3 is 2.67 bits per heavy atom. The lowest BCUT2D eigenvalue weighted by Crippen LogP contribution is -2.23. The van der Waals surface area contributed by atoms with Crippen molar-refractivity contribution >= 4 is 5.91 Å². The largest absolute Gasteiger partial charge is 0.348 e. The van der Waals surface area contributed by atoms with Crippen LogP contribution in [0.1, 0.15) is 27.2 Å². The molecule has 94 valence electrons. The van der Waals surface area contributed by atoms with E-state index in [1.807, 2.05) is 45.2 Å². The minimum absolute atomic E-state index is 0.0798. The molecule has 0 saturated heterocycles. The molecule has 0 aliphatic heterocycles. The smallest absolute Gasteiger partial charge is 0.255 e. The summed E-state index contributed by atoms with van der Waals surface area (Å²) in [5.41, 5.74) is 3.69. The van der Waals surface area contributed by atoms with Gasteiger partial charge in [-0.15, -0.1) is 0 Å². The summed E-state index contributed by atoms with van der Waals surface area (Å²) < 4.78 is 1.65. The van der Waals surface area contributed by atoms with Gasteiger partial charge in [-0.25, -0.2) is 0 Å². The zero-order chi connectivity index (χ0) is 13.1. The van der Waals surface area contributed by atoms with Gasteiger partial charge in [0.2, 0.25) is 0 Å². The number of amides is 1. The van der Waals surface area contributed by atoms with Gasteiger partial charge in [0.25, 0.3) is 5.91 Å². The van der Waals surface area contributed by atoms with Gasteiger partial charge >= 0.3 is 0 Å². The molecule has 1 N–H and O–H groups in total. The van der Waals surface area contributed by atoms with Crippen LogP contribution in [-0.4, -0.2) is 15.7 Å². The molecule has 4 nitrogen and oxygen atoms in total. The second-order valence-electron chi connectivity index (χ2n) is 4.41. The summed E-state index contributed by atoms with van der Waals surface area (Å²) in [5.74, 6) is -0.0798. The Bertz CT molecular complexity index is 572. The molecule has 1 heterocycles. The molecule has 0 radical (unpaired) electrons. The van der Waals surface area contributed by atoms with Crippen molar-refractivity contribution in [3.8, 4) is 0 Å². The summed E-state index contributed by atoms with van der Waals surface area (Å²) >= 11 is 0. The average molecular weight is 243 g/mol. The quantitative estimate of drug-likeness (QED) is 0.895. The number of carbonyl (C=O) groups excluding carboxylic acids is 1. The first-order chi connectivity index (χ1) is 8.58. The minimum Gasteiger partial charge on any atom is -0.348 e. The average Bonchev–Trinajstić information content (AvgIpc) is 2.67. The normalized spacial score (nSPS) is 10.4. The van der Waals surface area contributed by atoms with E-state index in [1.165, 1.54) is 5.56 Å². The van der Waals surface area contributed by atoms with E-state index >= 15 is 0 Å². The van der Waals surface area contributed by atoms with Crippen LogP contribution in [0.25, 0.3) is 0 Å². The molecular weight excluding hydrogens is 226 g/mol. The number of benzene rings is 1. The lowest BCUT2D eigenvalue weighted by molar-refractivity contribution is 0.0950. The monoisotopic (exact) mass is 243 g/mol. The fourth-order valence-electron chi connectivity index (χ4n) is 1.90. The van der Waals surface area contributed by atoms with Crippen LogP contribution in [0.15, 0.2) is 30.5 Å². The maximum atomic E-state index is 12.0. The molecule has 1 aromatic carbocycles. The summed E-state index contributed by atoms with van der Waals surface area (Å²) in [5, 5.41) is 7.08. The van der Waals surface area contributed by atoms with Crippen molar-refractivity contribution < 1.29 is 4.79 Å². The first kappa shape index (κ1) is 12.4. The number of carbonyl (C=O) groups is 1. The summed E-state index contributed by atoms with van der Waals surface area (Å²) in [7, 11) is 1.81. The van der Waals surface area contributed by atoms with Crippen molar-refractivity contribution in [3.63, 3.8) is 0 Å². The van der Waals surface area contributed by atoms with Gasteiger partial charge in [-0.1, -0.05) is 24.3 Å². The van der Waals surface area contributed by atoms with E-state index in [2.05, 4.69) is 10.4 Å². The Morgan fingerprint density at radius 2 is 2.06 bits per heavy atom. The molecule has 0 saturated carbocycles. The van der Waals surface area contributed by atoms with Gasteiger partial charge in [-0.3, -0.25) is 9.48 Å². The second-order valence-corrected chi connectivity index (χ2v) is 4.41. The van der Waals surface area contributed by atoms with Crippen LogP contribution in [0.3, 0.4) is 0 Å². The predicted octanol–water partition coefficient (Wildman–Crippen LogP) is 1.97. The molecule has 2 aromatic rings. The molecule has 0 aliphatic rings. The third-order valence-corrected chi connectivity index (χ3v) is 2.96. The highest BCUT2D eigenvalue weighted by Gasteiger charge is 2.12. The zero-order valence-corrected chi connectivity index (χ0v) is 10.9. The zero-order valence-electron chi connectivity index (χ0n) is 10.9. The third kappa shape index (κ3) is 2.59. The maximum absolute atomic E-state index is 12.0. The number of hydrogen-bond acceptors (Lipinski definition) is 2. The fraction of sp³-hybridized carbons (Fsp3) is 0.286. The van der Waals surface area contributed by atoms with Crippen LogP contribution in [0.2, 0.25) is 0 Å². The first-order valence-corrected chi connectivity index (χ1v) is 5.91. The second kappa shape index (κ2) is 5.04. The highest BCUT2D eigenvalue weighted by Crippen LogP contribution is 2.08. The van der Waals surface area contributed by atoms with Gasteiger partial charge < -0.3 is 5.32 Å². The van der Waals surface area contributed by atoms with Gasteiger partial charge in [0.15, 0.2) is 0 Å². The van der Waals surface area contributed by atoms with Crippen LogP contribution < -0.4 is 5.32 Å². The van der Waals surface area contributed by atoms with Crippen molar-refractivity contribution in [3.05, 3.63) is 52.8 Å². The van der Waals surface area contributed by atoms with Crippen molar-refractivity contribution in [2.24, 2.45) is 7.05 Å². The van der Waals surface area contributed by atoms with Gasteiger partial charge in [0, 0.05) is 19.8 Å². The first-order valence-electron chi connectivity index (χ1n) is 5.91. The maximum Gasteiger partial charge on any atom is 0.255 e. The van der Waals surface area contributed by atoms with E-state index in [0.717, 1.165) is 11.3 Å². The summed E-state index contributed by atoms with van der Waals surface area (Å²) in [4.78, 5) is 12.0. The minimum atomic E-state index is -0.0798.